The van der Waals surface area contributed by atoms with Gasteiger partial charge in [-0.3, -0.25) is 4.79 Å². The molecule has 27 heavy (non-hydrogen) atoms. The SMILES string of the molecule is CCN(C(=O)c1ccnc(N2CCc3ccccc32)c1)c1cccc(C)c1. The summed E-state index contributed by atoms with van der Waals surface area (Å²) in [6.07, 6.45) is 2.73. The van der Waals surface area contributed by atoms with Crippen LogP contribution in [0.1, 0.15) is 28.4 Å². The summed E-state index contributed by atoms with van der Waals surface area (Å²) in [4.78, 5) is 21.7. The van der Waals surface area contributed by atoms with Crippen LogP contribution in [0.25, 0.3) is 0 Å². The number of rotatable bonds is 4. The molecule has 2 aromatic carbocycles. The molecule has 0 saturated carbocycles. The first-order valence-electron chi connectivity index (χ1n) is 9.37. The van der Waals surface area contributed by atoms with Gasteiger partial charge in [0.2, 0.25) is 0 Å². The highest BCUT2D eigenvalue weighted by Gasteiger charge is 2.23. The van der Waals surface area contributed by atoms with E-state index in [1.165, 1.54) is 11.3 Å². The summed E-state index contributed by atoms with van der Waals surface area (Å²) in [6.45, 7) is 5.54. The fraction of sp³-hybridized carbons (Fsp3) is 0.217. The largest absolute Gasteiger partial charge is 0.326 e. The van der Waals surface area contributed by atoms with E-state index >= 15 is 0 Å². The van der Waals surface area contributed by atoms with Gasteiger partial charge < -0.3 is 9.80 Å². The molecule has 0 N–H and O–H groups in total. The molecule has 0 atom stereocenters. The fourth-order valence-electron chi connectivity index (χ4n) is 3.67. The zero-order valence-electron chi connectivity index (χ0n) is 15.7. The molecule has 0 spiro atoms. The molecule has 1 aliphatic rings. The standard InChI is InChI=1S/C23H23N3O/c1-3-25(20-9-6-7-17(2)15-20)23(27)19-11-13-24-22(16-19)26-14-12-18-8-4-5-10-21(18)26/h4-11,13,15-16H,3,12,14H2,1-2H3. The van der Waals surface area contributed by atoms with Crippen LogP contribution in [0.15, 0.2) is 66.9 Å². The second kappa shape index (κ2) is 7.23. The topological polar surface area (TPSA) is 36.4 Å². The van der Waals surface area contributed by atoms with Gasteiger partial charge in [-0.15, -0.1) is 0 Å². The zero-order chi connectivity index (χ0) is 18.8. The molecule has 136 valence electrons. The average molecular weight is 357 g/mol. The van der Waals surface area contributed by atoms with Crippen LogP contribution in [0.4, 0.5) is 17.2 Å². The van der Waals surface area contributed by atoms with E-state index < -0.39 is 0 Å². The normalized spacial score (nSPS) is 12.7. The minimum absolute atomic E-state index is 0.000711. The lowest BCUT2D eigenvalue weighted by Crippen LogP contribution is -2.31. The maximum Gasteiger partial charge on any atom is 0.258 e. The van der Waals surface area contributed by atoms with Crippen LogP contribution in [-0.4, -0.2) is 24.0 Å². The maximum atomic E-state index is 13.2. The Hall–Kier alpha value is -3.14. The van der Waals surface area contributed by atoms with Crippen molar-refractivity contribution in [2.75, 3.05) is 22.9 Å². The Labute approximate surface area is 160 Å². The van der Waals surface area contributed by atoms with Gasteiger partial charge in [0.15, 0.2) is 0 Å². The van der Waals surface area contributed by atoms with Crippen molar-refractivity contribution in [3.63, 3.8) is 0 Å². The Morgan fingerprint density at radius 3 is 2.78 bits per heavy atom. The number of amides is 1. The number of carbonyl (C=O) groups is 1. The summed E-state index contributed by atoms with van der Waals surface area (Å²) in [5.74, 6) is 0.824. The van der Waals surface area contributed by atoms with Gasteiger partial charge in [-0.2, -0.15) is 0 Å². The number of benzene rings is 2. The third kappa shape index (κ3) is 3.31. The third-order valence-electron chi connectivity index (χ3n) is 5.03. The van der Waals surface area contributed by atoms with Crippen molar-refractivity contribution in [3.8, 4) is 0 Å². The van der Waals surface area contributed by atoms with Crippen LogP contribution in [-0.2, 0) is 6.42 Å². The highest BCUT2D eigenvalue weighted by atomic mass is 16.2. The molecule has 0 bridgehead atoms. The van der Waals surface area contributed by atoms with Crippen molar-refractivity contribution < 1.29 is 4.79 Å². The van der Waals surface area contributed by atoms with Crippen molar-refractivity contribution in [1.82, 2.24) is 4.98 Å². The van der Waals surface area contributed by atoms with E-state index in [-0.39, 0.29) is 5.91 Å². The van der Waals surface area contributed by atoms with Crippen molar-refractivity contribution in [3.05, 3.63) is 83.6 Å². The molecule has 1 amide bonds. The van der Waals surface area contributed by atoms with Crippen molar-refractivity contribution in [1.29, 1.82) is 0 Å². The van der Waals surface area contributed by atoms with Gasteiger partial charge in [0.05, 0.1) is 0 Å². The van der Waals surface area contributed by atoms with Gasteiger partial charge in [0.1, 0.15) is 5.82 Å². The molecular formula is C23H23N3O. The fourth-order valence-corrected chi connectivity index (χ4v) is 3.67. The monoisotopic (exact) mass is 357 g/mol. The first kappa shape index (κ1) is 17.3. The van der Waals surface area contributed by atoms with Gasteiger partial charge in [-0.05, 0) is 61.7 Å². The van der Waals surface area contributed by atoms with Crippen LogP contribution < -0.4 is 9.80 Å². The third-order valence-corrected chi connectivity index (χ3v) is 5.03. The molecule has 0 radical (unpaired) electrons. The second-order valence-corrected chi connectivity index (χ2v) is 6.82. The summed E-state index contributed by atoms with van der Waals surface area (Å²) in [6, 6.07) is 20.1. The van der Waals surface area contributed by atoms with Gasteiger partial charge in [0.25, 0.3) is 5.91 Å². The minimum atomic E-state index is -0.000711. The molecular weight excluding hydrogens is 334 g/mol. The van der Waals surface area contributed by atoms with Gasteiger partial charge in [-0.1, -0.05) is 30.3 Å². The first-order chi connectivity index (χ1) is 13.2. The number of anilines is 3. The molecule has 0 fully saturated rings. The zero-order valence-corrected chi connectivity index (χ0v) is 15.7. The summed E-state index contributed by atoms with van der Waals surface area (Å²) in [5, 5.41) is 0. The van der Waals surface area contributed by atoms with Crippen LogP contribution in [0, 0.1) is 6.92 Å². The van der Waals surface area contributed by atoms with Crippen LogP contribution >= 0.6 is 0 Å². The van der Waals surface area contributed by atoms with Crippen molar-refractivity contribution in [2.45, 2.75) is 20.3 Å². The summed E-state index contributed by atoms with van der Waals surface area (Å²) >= 11 is 0. The molecule has 1 aromatic heterocycles. The number of hydrogen-bond acceptors (Lipinski definition) is 3. The Bertz CT molecular complexity index is 983. The Kier molecular flexibility index (Phi) is 4.63. The lowest BCUT2D eigenvalue weighted by Gasteiger charge is -2.23. The predicted octanol–water partition coefficient (Wildman–Crippen LogP) is 4.75. The van der Waals surface area contributed by atoms with Crippen molar-refractivity contribution >= 4 is 23.1 Å². The van der Waals surface area contributed by atoms with Crippen LogP contribution in [0.5, 0.6) is 0 Å². The van der Waals surface area contributed by atoms with Gasteiger partial charge >= 0.3 is 0 Å². The lowest BCUT2D eigenvalue weighted by molar-refractivity contribution is 0.0988. The van der Waals surface area contributed by atoms with Gasteiger partial charge in [-0.25, -0.2) is 4.98 Å². The van der Waals surface area contributed by atoms with Crippen LogP contribution in [0.3, 0.4) is 0 Å². The molecule has 4 nitrogen and oxygen atoms in total. The summed E-state index contributed by atoms with van der Waals surface area (Å²) in [5.41, 5.74) is 5.23. The van der Waals surface area contributed by atoms with Crippen molar-refractivity contribution in [2.24, 2.45) is 0 Å². The highest BCUT2D eigenvalue weighted by molar-refractivity contribution is 6.06. The van der Waals surface area contributed by atoms with E-state index in [1.807, 2.05) is 55.1 Å². The van der Waals surface area contributed by atoms with E-state index in [0.717, 1.165) is 30.0 Å². The van der Waals surface area contributed by atoms with E-state index in [2.05, 4.69) is 28.1 Å². The molecule has 4 rings (SSSR count). The quantitative estimate of drug-likeness (QED) is 0.676. The maximum absolute atomic E-state index is 13.2. The average Bonchev–Trinajstić information content (AvgIpc) is 3.13. The minimum Gasteiger partial charge on any atom is -0.326 e. The smallest absolute Gasteiger partial charge is 0.258 e. The summed E-state index contributed by atoms with van der Waals surface area (Å²) < 4.78 is 0. The molecule has 2 heterocycles. The Morgan fingerprint density at radius 1 is 1.11 bits per heavy atom. The Balaban J connectivity index is 1.65. The van der Waals surface area contributed by atoms with Gasteiger partial charge in [0, 0.05) is 36.2 Å². The van der Waals surface area contributed by atoms with E-state index in [9.17, 15) is 4.79 Å². The predicted molar refractivity (Wildman–Crippen MR) is 110 cm³/mol. The number of fused-ring (bicyclic) bond motifs is 1. The number of nitrogens with zero attached hydrogens (tertiary/aromatic N) is 3. The molecule has 4 heteroatoms. The molecule has 0 unspecified atom stereocenters. The van der Waals surface area contributed by atoms with E-state index in [0.29, 0.717) is 12.1 Å². The lowest BCUT2D eigenvalue weighted by atomic mass is 10.1. The number of pyridine rings is 1. The number of para-hydroxylation sites is 1. The molecule has 3 aromatic rings. The number of hydrogen-bond donors (Lipinski definition) is 0. The highest BCUT2D eigenvalue weighted by Crippen LogP contribution is 2.33. The second-order valence-electron chi connectivity index (χ2n) is 6.82. The molecule has 1 aliphatic heterocycles. The van der Waals surface area contributed by atoms with Crippen LogP contribution in [0.2, 0.25) is 0 Å². The van der Waals surface area contributed by atoms with E-state index in [1.54, 1.807) is 12.3 Å². The Morgan fingerprint density at radius 2 is 1.96 bits per heavy atom. The first-order valence-corrected chi connectivity index (χ1v) is 9.37. The number of carbonyl (C=O) groups excluding carboxylic acids is 1. The summed E-state index contributed by atoms with van der Waals surface area (Å²) in [7, 11) is 0. The molecule has 0 saturated heterocycles. The molecule has 0 aliphatic carbocycles. The number of aryl methyl sites for hydroxylation is 1. The number of aromatic nitrogens is 1. The van der Waals surface area contributed by atoms with E-state index in [4.69, 9.17) is 0 Å².